The van der Waals surface area contributed by atoms with Crippen LogP contribution in [0.5, 0.6) is 0 Å². The molecule has 1 fully saturated rings. The van der Waals surface area contributed by atoms with Crippen LogP contribution in [0.3, 0.4) is 0 Å². The maximum atomic E-state index is 14.0. The van der Waals surface area contributed by atoms with Crippen LogP contribution in [0.2, 0.25) is 0 Å². The Balaban J connectivity index is 1.84. The second-order valence-electron chi connectivity index (χ2n) is 5.90. The summed E-state index contributed by atoms with van der Waals surface area (Å²) in [6, 6.07) is 3.35. The molecule has 4 rings (SSSR count). The monoisotopic (exact) mass is 301 g/mol. The van der Waals surface area contributed by atoms with E-state index in [0.717, 1.165) is 18.5 Å². The van der Waals surface area contributed by atoms with E-state index in [2.05, 4.69) is 15.3 Å². The molecule has 2 aliphatic rings. The highest BCUT2D eigenvalue weighted by Gasteiger charge is 2.42. The molecule has 0 radical (unpaired) electrons. The number of rotatable bonds is 1. The van der Waals surface area contributed by atoms with Gasteiger partial charge in [0.1, 0.15) is 0 Å². The highest BCUT2D eigenvalue weighted by atomic mass is 19.1. The Hall–Kier alpha value is -2.21. The fourth-order valence-corrected chi connectivity index (χ4v) is 3.41. The molecule has 22 heavy (non-hydrogen) atoms. The molecule has 4 heterocycles. The standard InChI is InChI=1S/C16H16FN3O2/c17-12-8-18-4-1-10(12)13-7-11-14(20-13)16(9-19-15(11)21)2-5-22-6-3-16/h1,4,7-8,20H,2-3,5-6,9H2,(H,19,21). The van der Waals surface area contributed by atoms with E-state index in [1.807, 2.05) is 0 Å². The summed E-state index contributed by atoms with van der Waals surface area (Å²) in [4.78, 5) is 19.2. The minimum Gasteiger partial charge on any atom is -0.381 e. The van der Waals surface area contributed by atoms with Gasteiger partial charge in [-0.1, -0.05) is 0 Å². The van der Waals surface area contributed by atoms with Gasteiger partial charge in [0.25, 0.3) is 5.91 Å². The number of aromatic amines is 1. The molecule has 0 atom stereocenters. The van der Waals surface area contributed by atoms with Crippen LogP contribution in [0.4, 0.5) is 4.39 Å². The van der Waals surface area contributed by atoms with Crippen LogP contribution < -0.4 is 5.32 Å². The van der Waals surface area contributed by atoms with Crippen LogP contribution in [0, 0.1) is 5.82 Å². The number of amides is 1. The van der Waals surface area contributed by atoms with Crippen LogP contribution in [0.25, 0.3) is 11.3 Å². The highest BCUT2D eigenvalue weighted by molar-refractivity contribution is 5.98. The van der Waals surface area contributed by atoms with Gasteiger partial charge in [-0.15, -0.1) is 0 Å². The van der Waals surface area contributed by atoms with Gasteiger partial charge < -0.3 is 15.0 Å². The van der Waals surface area contributed by atoms with Crippen molar-refractivity contribution >= 4 is 5.91 Å². The third-order valence-electron chi connectivity index (χ3n) is 4.69. The first kappa shape index (κ1) is 13.5. The van der Waals surface area contributed by atoms with Crippen LogP contribution >= 0.6 is 0 Å². The molecule has 0 aliphatic carbocycles. The topological polar surface area (TPSA) is 67.0 Å². The van der Waals surface area contributed by atoms with E-state index in [-0.39, 0.29) is 11.3 Å². The van der Waals surface area contributed by atoms with Crippen LogP contribution in [-0.4, -0.2) is 35.6 Å². The SMILES string of the molecule is O=C1NCC2(CCOCC2)c2[nH]c(-c3ccncc3F)cc21. The summed E-state index contributed by atoms with van der Waals surface area (Å²) in [7, 11) is 0. The van der Waals surface area contributed by atoms with Gasteiger partial charge in [0.15, 0.2) is 5.82 Å². The molecular formula is C16H16FN3O2. The number of nitrogens with one attached hydrogen (secondary N) is 2. The molecule has 0 aromatic carbocycles. The van der Waals surface area contributed by atoms with Crippen molar-refractivity contribution in [3.63, 3.8) is 0 Å². The number of aromatic nitrogens is 2. The van der Waals surface area contributed by atoms with E-state index in [1.54, 1.807) is 18.3 Å². The maximum Gasteiger partial charge on any atom is 0.253 e. The van der Waals surface area contributed by atoms with E-state index in [9.17, 15) is 9.18 Å². The van der Waals surface area contributed by atoms with Crippen molar-refractivity contribution < 1.29 is 13.9 Å². The lowest BCUT2D eigenvalue weighted by atomic mass is 9.74. The smallest absolute Gasteiger partial charge is 0.253 e. The lowest BCUT2D eigenvalue weighted by Crippen LogP contribution is -2.49. The fourth-order valence-electron chi connectivity index (χ4n) is 3.41. The lowest BCUT2D eigenvalue weighted by Gasteiger charge is -2.40. The van der Waals surface area contributed by atoms with Crippen molar-refractivity contribution in [1.82, 2.24) is 15.3 Å². The molecule has 2 aliphatic heterocycles. The van der Waals surface area contributed by atoms with Gasteiger partial charge in [-0.25, -0.2) is 4.39 Å². The summed E-state index contributed by atoms with van der Waals surface area (Å²) in [5, 5.41) is 2.96. The summed E-state index contributed by atoms with van der Waals surface area (Å²) in [6.07, 6.45) is 4.42. The lowest BCUT2D eigenvalue weighted by molar-refractivity contribution is 0.0442. The molecule has 2 aromatic heterocycles. The Labute approximate surface area is 126 Å². The predicted octanol–water partition coefficient (Wildman–Crippen LogP) is 2.01. The van der Waals surface area contributed by atoms with Crippen molar-refractivity contribution in [3.8, 4) is 11.3 Å². The van der Waals surface area contributed by atoms with Gasteiger partial charge in [-0.3, -0.25) is 9.78 Å². The highest BCUT2D eigenvalue weighted by Crippen LogP contribution is 2.40. The Morgan fingerprint density at radius 1 is 1.27 bits per heavy atom. The first-order valence-electron chi connectivity index (χ1n) is 7.39. The zero-order chi connectivity index (χ0) is 15.2. The minimum absolute atomic E-state index is 0.107. The average Bonchev–Trinajstić information content (AvgIpc) is 3.00. The number of carbonyl (C=O) groups is 1. The third-order valence-corrected chi connectivity index (χ3v) is 4.69. The molecule has 0 unspecified atom stereocenters. The summed E-state index contributed by atoms with van der Waals surface area (Å²) in [6.45, 7) is 1.95. The first-order chi connectivity index (χ1) is 10.7. The largest absolute Gasteiger partial charge is 0.381 e. The summed E-state index contributed by atoms with van der Waals surface area (Å²) < 4.78 is 19.4. The van der Waals surface area contributed by atoms with Gasteiger partial charge in [0, 0.05) is 48.3 Å². The van der Waals surface area contributed by atoms with E-state index < -0.39 is 5.82 Å². The first-order valence-corrected chi connectivity index (χ1v) is 7.39. The van der Waals surface area contributed by atoms with Crippen LogP contribution in [0.15, 0.2) is 24.5 Å². The fraction of sp³-hybridized carbons (Fsp3) is 0.375. The molecule has 2 N–H and O–H groups in total. The molecule has 6 heteroatoms. The van der Waals surface area contributed by atoms with E-state index in [0.29, 0.717) is 36.6 Å². The van der Waals surface area contributed by atoms with E-state index in [1.165, 1.54) is 6.20 Å². The maximum absolute atomic E-state index is 14.0. The summed E-state index contributed by atoms with van der Waals surface area (Å²) in [5.74, 6) is -0.508. The van der Waals surface area contributed by atoms with Gasteiger partial charge in [0.05, 0.1) is 11.8 Å². The molecule has 114 valence electrons. The molecule has 2 aromatic rings. The van der Waals surface area contributed by atoms with Gasteiger partial charge >= 0.3 is 0 Å². The Morgan fingerprint density at radius 3 is 2.86 bits per heavy atom. The molecule has 1 spiro atoms. The molecular weight excluding hydrogens is 285 g/mol. The number of fused-ring (bicyclic) bond motifs is 2. The van der Waals surface area contributed by atoms with Crippen molar-refractivity contribution in [2.75, 3.05) is 19.8 Å². The molecule has 0 saturated carbocycles. The van der Waals surface area contributed by atoms with Crippen LogP contribution in [-0.2, 0) is 10.2 Å². The van der Waals surface area contributed by atoms with E-state index in [4.69, 9.17) is 4.74 Å². The van der Waals surface area contributed by atoms with Crippen LogP contribution in [0.1, 0.15) is 28.9 Å². The number of pyridine rings is 1. The zero-order valence-electron chi connectivity index (χ0n) is 12.0. The van der Waals surface area contributed by atoms with Gasteiger partial charge in [-0.05, 0) is 25.0 Å². The predicted molar refractivity (Wildman–Crippen MR) is 78.0 cm³/mol. The quantitative estimate of drug-likeness (QED) is 0.846. The second-order valence-corrected chi connectivity index (χ2v) is 5.90. The number of hydrogen-bond acceptors (Lipinski definition) is 3. The van der Waals surface area contributed by atoms with Crippen molar-refractivity contribution in [2.45, 2.75) is 18.3 Å². The van der Waals surface area contributed by atoms with Gasteiger partial charge in [0.2, 0.25) is 0 Å². The molecule has 1 saturated heterocycles. The van der Waals surface area contributed by atoms with Crippen molar-refractivity contribution in [2.24, 2.45) is 0 Å². The number of halogens is 1. The Bertz CT molecular complexity index is 735. The number of carbonyl (C=O) groups excluding carboxylic acids is 1. The zero-order valence-corrected chi connectivity index (χ0v) is 12.0. The Morgan fingerprint density at radius 2 is 2.09 bits per heavy atom. The molecule has 0 bridgehead atoms. The number of nitrogens with zero attached hydrogens (tertiary/aromatic N) is 1. The third kappa shape index (κ3) is 1.94. The van der Waals surface area contributed by atoms with Gasteiger partial charge in [-0.2, -0.15) is 0 Å². The average molecular weight is 301 g/mol. The minimum atomic E-state index is -0.400. The number of H-pyrrole nitrogens is 1. The molecule has 5 nitrogen and oxygen atoms in total. The molecule has 1 amide bonds. The van der Waals surface area contributed by atoms with Crippen molar-refractivity contribution in [1.29, 1.82) is 0 Å². The summed E-state index contributed by atoms with van der Waals surface area (Å²) >= 11 is 0. The number of hydrogen-bond donors (Lipinski definition) is 2. The second kappa shape index (κ2) is 4.91. The normalized spacial score (nSPS) is 19.8. The van der Waals surface area contributed by atoms with Crippen molar-refractivity contribution in [3.05, 3.63) is 41.6 Å². The Kier molecular flexibility index (Phi) is 3.00. The number of ether oxygens (including phenoxy) is 1. The summed E-state index contributed by atoms with van der Waals surface area (Å²) in [5.41, 5.74) is 2.43. The van der Waals surface area contributed by atoms with E-state index >= 15 is 0 Å².